The lowest BCUT2D eigenvalue weighted by atomic mass is 9.67. The average Bonchev–Trinajstić information content (AvgIpc) is 3.98. The van der Waals surface area contributed by atoms with Crippen LogP contribution in [0.5, 0.6) is 0 Å². The first-order valence-corrected chi connectivity index (χ1v) is 25.2. The third-order valence-corrected chi connectivity index (χ3v) is 15.6. The average molecular weight is 939 g/mol. The van der Waals surface area contributed by atoms with Crippen LogP contribution in [0.4, 0.5) is 34.1 Å². The summed E-state index contributed by atoms with van der Waals surface area (Å²) in [5.74, 6) is 0.771. The van der Waals surface area contributed by atoms with Crippen LogP contribution < -0.4 is 9.80 Å². The van der Waals surface area contributed by atoms with Crippen LogP contribution in [0.25, 0.3) is 99.3 Å². The Balaban J connectivity index is 0.957. The van der Waals surface area contributed by atoms with Crippen molar-refractivity contribution < 1.29 is 8.83 Å². The van der Waals surface area contributed by atoms with E-state index >= 15 is 0 Å². The zero-order chi connectivity index (χ0) is 49.1. The van der Waals surface area contributed by atoms with E-state index in [-0.39, 0.29) is 5.41 Å². The fraction of sp³-hybridized carbons (Fsp3) is 0.0725. The SMILES string of the molecule is C=Cc1oc2ccc(N(c3ccc4ccccc4c3)c3ccc4c(C)c5c6c(cccc6c4c3)C(C)(C)c3cc(N(c4ccc6ccccc6c4)c4ccc6oc7ccccc7c6c4)ccc3-5)cc2c1/C=C\C. The van der Waals surface area contributed by atoms with Crippen LogP contribution in [0, 0.1) is 6.92 Å². The predicted molar refractivity (Wildman–Crippen MR) is 310 cm³/mol. The molecule has 4 nitrogen and oxygen atoms in total. The van der Waals surface area contributed by atoms with Gasteiger partial charge in [0.05, 0.1) is 0 Å². The normalized spacial score (nSPS) is 13.0. The van der Waals surface area contributed by atoms with Crippen LogP contribution in [-0.4, -0.2) is 0 Å². The maximum atomic E-state index is 6.33. The summed E-state index contributed by atoms with van der Waals surface area (Å²) in [5.41, 5.74) is 16.3. The van der Waals surface area contributed by atoms with Gasteiger partial charge < -0.3 is 18.6 Å². The number of benzene rings is 11. The van der Waals surface area contributed by atoms with Crippen LogP contribution in [0.15, 0.2) is 222 Å². The lowest BCUT2D eigenvalue weighted by molar-refractivity contribution is 0.603. The highest BCUT2D eigenvalue weighted by molar-refractivity contribution is 6.19. The highest BCUT2D eigenvalue weighted by atomic mass is 16.3. The van der Waals surface area contributed by atoms with Crippen LogP contribution in [-0.2, 0) is 5.41 Å². The van der Waals surface area contributed by atoms with Crippen LogP contribution in [0.1, 0.15) is 48.8 Å². The minimum absolute atomic E-state index is 0.332. The molecular weight excluding hydrogens is 889 g/mol. The van der Waals surface area contributed by atoms with Gasteiger partial charge in [-0.1, -0.05) is 142 Å². The largest absolute Gasteiger partial charge is 0.456 e. The molecule has 0 N–H and O–H groups in total. The Morgan fingerprint density at radius 2 is 0.973 bits per heavy atom. The third-order valence-electron chi connectivity index (χ3n) is 15.6. The first kappa shape index (κ1) is 42.7. The molecule has 0 saturated carbocycles. The minimum Gasteiger partial charge on any atom is -0.456 e. The molecule has 0 aliphatic heterocycles. The molecule has 0 radical (unpaired) electrons. The summed E-state index contributed by atoms with van der Waals surface area (Å²) in [7, 11) is 0. The number of hydrogen-bond acceptors (Lipinski definition) is 4. The van der Waals surface area contributed by atoms with Crippen molar-refractivity contribution in [3.63, 3.8) is 0 Å². The Hall–Kier alpha value is -9.12. The van der Waals surface area contributed by atoms with Gasteiger partial charge in [-0.05, 0) is 182 Å². The van der Waals surface area contributed by atoms with Crippen molar-refractivity contribution >= 4 is 122 Å². The fourth-order valence-electron chi connectivity index (χ4n) is 12.1. The Bertz CT molecular complexity index is 4490. The molecule has 1 aliphatic rings. The molecule has 0 atom stereocenters. The number of furan rings is 2. The van der Waals surface area contributed by atoms with Gasteiger partial charge in [-0.15, -0.1) is 0 Å². The molecule has 0 amide bonds. The summed E-state index contributed by atoms with van der Waals surface area (Å²) in [6.45, 7) is 13.2. The first-order valence-electron chi connectivity index (χ1n) is 25.2. The molecule has 2 heterocycles. The van der Waals surface area contributed by atoms with E-state index in [1.165, 1.54) is 70.9 Å². The standard InChI is InChI=1S/C69H50N2O2/c1-6-15-54-59-39-50(30-34-65(59)72-63(54)7-2)70(47-26-24-43-16-8-10-18-45(43)36-47)49-28-32-53-42(3)67-57-33-29-52(41-62(57)69(4,5)61-22-14-21-56(68(61)67)58(53)38-49)71(48-27-25-44-17-9-11-19-46(44)37-48)51-31-35-66-60(40-51)55-20-12-13-23-64(55)73-66/h6-41H,2H2,1,3-5H3/b15-6-. The molecule has 0 saturated heterocycles. The summed E-state index contributed by atoms with van der Waals surface area (Å²) in [4.78, 5) is 4.81. The number of para-hydroxylation sites is 1. The second-order valence-electron chi connectivity index (χ2n) is 20.1. The topological polar surface area (TPSA) is 32.8 Å². The number of allylic oxidation sites excluding steroid dienone is 1. The maximum Gasteiger partial charge on any atom is 0.135 e. The number of fused-ring (bicyclic) bond motifs is 10. The van der Waals surface area contributed by atoms with Gasteiger partial charge in [-0.25, -0.2) is 0 Å². The quantitative estimate of drug-likeness (QED) is 0.142. The Morgan fingerprint density at radius 1 is 0.438 bits per heavy atom. The van der Waals surface area contributed by atoms with Gasteiger partial charge in [-0.3, -0.25) is 0 Å². The van der Waals surface area contributed by atoms with E-state index in [0.717, 1.165) is 78.4 Å². The number of hydrogen-bond donors (Lipinski definition) is 0. The second-order valence-corrected chi connectivity index (χ2v) is 20.1. The van der Waals surface area contributed by atoms with Gasteiger partial charge in [-0.2, -0.15) is 0 Å². The van der Waals surface area contributed by atoms with E-state index in [2.05, 4.69) is 237 Å². The van der Waals surface area contributed by atoms with Crippen molar-refractivity contribution in [3.8, 4) is 11.1 Å². The Kier molecular flexibility index (Phi) is 9.49. The highest BCUT2D eigenvalue weighted by Crippen LogP contribution is 2.54. The molecule has 14 rings (SSSR count). The van der Waals surface area contributed by atoms with E-state index in [9.17, 15) is 0 Å². The molecule has 73 heavy (non-hydrogen) atoms. The van der Waals surface area contributed by atoms with E-state index < -0.39 is 0 Å². The van der Waals surface area contributed by atoms with Crippen molar-refractivity contribution in [1.29, 1.82) is 0 Å². The van der Waals surface area contributed by atoms with E-state index in [4.69, 9.17) is 8.83 Å². The molecule has 0 fully saturated rings. The summed E-state index contributed by atoms with van der Waals surface area (Å²) in [6, 6.07) is 73.4. The summed E-state index contributed by atoms with van der Waals surface area (Å²) >= 11 is 0. The number of aryl methyl sites for hydroxylation is 1. The van der Waals surface area contributed by atoms with Crippen LogP contribution in [0.2, 0.25) is 0 Å². The predicted octanol–water partition coefficient (Wildman–Crippen LogP) is 20.2. The smallest absolute Gasteiger partial charge is 0.135 e. The Morgan fingerprint density at radius 3 is 1.66 bits per heavy atom. The van der Waals surface area contributed by atoms with Gasteiger partial charge in [0.1, 0.15) is 22.5 Å². The van der Waals surface area contributed by atoms with Crippen molar-refractivity contribution in [2.24, 2.45) is 0 Å². The molecule has 348 valence electrons. The monoisotopic (exact) mass is 938 g/mol. The van der Waals surface area contributed by atoms with Crippen molar-refractivity contribution in [2.75, 3.05) is 9.80 Å². The molecule has 2 aromatic heterocycles. The van der Waals surface area contributed by atoms with E-state index in [0.29, 0.717) is 0 Å². The van der Waals surface area contributed by atoms with Crippen molar-refractivity contribution in [1.82, 2.24) is 0 Å². The molecule has 4 heteroatoms. The van der Waals surface area contributed by atoms with Crippen molar-refractivity contribution in [2.45, 2.75) is 33.1 Å². The molecule has 13 aromatic rings. The number of rotatable bonds is 8. The highest BCUT2D eigenvalue weighted by Gasteiger charge is 2.36. The first-order chi connectivity index (χ1) is 35.7. The summed E-state index contributed by atoms with van der Waals surface area (Å²) < 4.78 is 12.6. The molecular formula is C69H50N2O2. The summed E-state index contributed by atoms with van der Waals surface area (Å²) in [5, 5.41) is 13.1. The zero-order valence-electron chi connectivity index (χ0n) is 41.2. The maximum absolute atomic E-state index is 6.33. The number of nitrogens with zero attached hydrogens (tertiary/aromatic N) is 2. The molecule has 0 unspecified atom stereocenters. The van der Waals surface area contributed by atoms with Gasteiger partial charge >= 0.3 is 0 Å². The minimum atomic E-state index is -0.332. The van der Waals surface area contributed by atoms with Gasteiger partial charge in [0.2, 0.25) is 0 Å². The van der Waals surface area contributed by atoms with Gasteiger partial charge in [0.15, 0.2) is 0 Å². The van der Waals surface area contributed by atoms with E-state index in [1.54, 1.807) is 6.08 Å². The lowest BCUT2D eigenvalue weighted by Crippen LogP contribution is -2.25. The molecule has 1 aliphatic carbocycles. The second kappa shape index (κ2) is 16.2. The molecule has 0 spiro atoms. The molecule has 0 bridgehead atoms. The van der Waals surface area contributed by atoms with Crippen LogP contribution >= 0.6 is 0 Å². The van der Waals surface area contributed by atoms with Crippen LogP contribution in [0.3, 0.4) is 0 Å². The lowest BCUT2D eigenvalue weighted by Gasteiger charge is -2.38. The third kappa shape index (κ3) is 6.53. The zero-order valence-corrected chi connectivity index (χ0v) is 41.2. The fourth-order valence-corrected chi connectivity index (χ4v) is 12.1. The van der Waals surface area contributed by atoms with Crippen molar-refractivity contribution in [3.05, 3.63) is 241 Å². The van der Waals surface area contributed by atoms with E-state index in [1.807, 2.05) is 19.1 Å². The number of anilines is 6. The molecule has 11 aromatic carbocycles. The Labute approximate surface area is 423 Å². The summed E-state index contributed by atoms with van der Waals surface area (Å²) in [6.07, 6.45) is 5.97. The van der Waals surface area contributed by atoms with Gasteiger partial charge in [0.25, 0.3) is 0 Å². The van der Waals surface area contributed by atoms with Gasteiger partial charge in [0, 0.05) is 61.3 Å².